The van der Waals surface area contributed by atoms with Gasteiger partial charge in [0.1, 0.15) is 0 Å². The summed E-state index contributed by atoms with van der Waals surface area (Å²) in [6.07, 6.45) is 0. The molecule has 2 aromatic carbocycles. The molecule has 0 aliphatic rings. The van der Waals surface area contributed by atoms with Crippen LogP contribution in [0.15, 0.2) is 65.5 Å². The lowest BCUT2D eigenvalue weighted by Gasteiger charge is -2.03. The third-order valence-electron chi connectivity index (χ3n) is 3.13. The van der Waals surface area contributed by atoms with Gasteiger partial charge in [0.05, 0.1) is 12.2 Å². The Balaban J connectivity index is 1.90. The molecule has 0 spiro atoms. The molecule has 0 aliphatic heterocycles. The van der Waals surface area contributed by atoms with Crippen LogP contribution in [0.1, 0.15) is 5.56 Å². The van der Waals surface area contributed by atoms with Gasteiger partial charge in [-0.15, -0.1) is 0 Å². The fourth-order valence-corrected chi connectivity index (χ4v) is 2.22. The molecular weight excluding hydrogens is 272 g/mol. The van der Waals surface area contributed by atoms with Gasteiger partial charge in [0.25, 0.3) is 5.56 Å². The number of nitrogens with zero attached hydrogens (tertiary/aromatic N) is 1. The first-order valence-electron chi connectivity index (χ1n) is 6.32. The number of rotatable bonds is 3. The summed E-state index contributed by atoms with van der Waals surface area (Å²) in [6.45, 7) is 0.503. The molecule has 1 aromatic heterocycles. The number of aromatic amines is 1. The molecule has 3 nitrogen and oxygen atoms in total. The van der Waals surface area contributed by atoms with Crippen molar-refractivity contribution in [3.63, 3.8) is 0 Å². The van der Waals surface area contributed by atoms with Crippen LogP contribution in [-0.2, 0) is 6.54 Å². The maximum atomic E-state index is 12.0. The topological polar surface area (TPSA) is 37.8 Å². The standard InChI is InChI=1S/C16H13ClN2O/c17-14-8-6-12(7-9-14)11-19-16(20)10-15(18-19)13-4-2-1-3-5-13/h1-10,18H,11H2. The Labute approximate surface area is 121 Å². The summed E-state index contributed by atoms with van der Waals surface area (Å²) >= 11 is 5.85. The van der Waals surface area contributed by atoms with Crippen LogP contribution >= 0.6 is 11.6 Å². The average Bonchev–Trinajstić information content (AvgIpc) is 2.84. The van der Waals surface area contributed by atoms with Crippen molar-refractivity contribution in [2.45, 2.75) is 6.54 Å². The molecule has 0 amide bonds. The van der Waals surface area contributed by atoms with Crippen LogP contribution in [0.4, 0.5) is 0 Å². The Bertz CT molecular complexity index is 757. The number of aromatic nitrogens is 2. The zero-order valence-electron chi connectivity index (χ0n) is 10.7. The van der Waals surface area contributed by atoms with Crippen molar-refractivity contribution in [2.75, 3.05) is 0 Å². The Morgan fingerprint density at radius 2 is 1.70 bits per heavy atom. The fourth-order valence-electron chi connectivity index (χ4n) is 2.09. The molecule has 0 saturated heterocycles. The maximum Gasteiger partial charge on any atom is 0.267 e. The number of benzene rings is 2. The number of hydrogen-bond acceptors (Lipinski definition) is 1. The highest BCUT2D eigenvalue weighted by molar-refractivity contribution is 6.30. The third kappa shape index (κ3) is 2.68. The summed E-state index contributed by atoms with van der Waals surface area (Å²) < 4.78 is 1.59. The molecule has 0 saturated carbocycles. The van der Waals surface area contributed by atoms with Crippen LogP contribution in [0.3, 0.4) is 0 Å². The van der Waals surface area contributed by atoms with E-state index in [-0.39, 0.29) is 5.56 Å². The molecule has 0 fully saturated rings. The second kappa shape index (κ2) is 5.39. The van der Waals surface area contributed by atoms with Crippen molar-refractivity contribution in [1.29, 1.82) is 0 Å². The van der Waals surface area contributed by atoms with Gasteiger partial charge in [-0.05, 0) is 23.3 Å². The van der Waals surface area contributed by atoms with Crippen LogP contribution in [0, 0.1) is 0 Å². The predicted molar refractivity (Wildman–Crippen MR) is 81.0 cm³/mol. The van der Waals surface area contributed by atoms with Crippen LogP contribution in [0.5, 0.6) is 0 Å². The molecule has 3 rings (SSSR count). The number of halogens is 1. The van der Waals surface area contributed by atoms with Gasteiger partial charge in [-0.1, -0.05) is 54.1 Å². The van der Waals surface area contributed by atoms with Gasteiger partial charge in [0.15, 0.2) is 0 Å². The van der Waals surface area contributed by atoms with Gasteiger partial charge in [-0.25, -0.2) is 4.68 Å². The van der Waals surface area contributed by atoms with Gasteiger partial charge >= 0.3 is 0 Å². The Hall–Kier alpha value is -2.26. The lowest BCUT2D eigenvalue weighted by Crippen LogP contribution is -2.16. The van der Waals surface area contributed by atoms with E-state index in [0.29, 0.717) is 11.6 Å². The van der Waals surface area contributed by atoms with Gasteiger partial charge in [-0.3, -0.25) is 9.89 Å². The third-order valence-corrected chi connectivity index (χ3v) is 3.38. The molecule has 1 N–H and O–H groups in total. The van der Waals surface area contributed by atoms with E-state index in [1.165, 1.54) is 0 Å². The van der Waals surface area contributed by atoms with Gasteiger partial charge in [0, 0.05) is 11.1 Å². The highest BCUT2D eigenvalue weighted by Crippen LogP contribution is 2.15. The van der Waals surface area contributed by atoms with Crippen molar-refractivity contribution >= 4 is 11.6 Å². The monoisotopic (exact) mass is 284 g/mol. The number of H-pyrrole nitrogens is 1. The minimum atomic E-state index is -0.0428. The first-order valence-corrected chi connectivity index (χ1v) is 6.70. The normalized spacial score (nSPS) is 10.7. The van der Waals surface area contributed by atoms with E-state index in [2.05, 4.69) is 5.10 Å². The van der Waals surface area contributed by atoms with E-state index >= 15 is 0 Å². The Morgan fingerprint density at radius 3 is 2.40 bits per heavy atom. The van der Waals surface area contributed by atoms with Crippen molar-refractivity contribution in [2.24, 2.45) is 0 Å². The summed E-state index contributed by atoms with van der Waals surface area (Å²) in [5.41, 5.74) is 2.81. The van der Waals surface area contributed by atoms with E-state index in [0.717, 1.165) is 16.8 Å². The molecular formula is C16H13ClN2O. The van der Waals surface area contributed by atoms with Crippen molar-refractivity contribution in [3.8, 4) is 11.3 Å². The summed E-state index contributed by atoms with van der Waals surface area (Å²) in [5, 5.41) is 3.82. The smallest absolute Gasteiger partial charge is 0.267 e. The summed E-state index contributed by atoms with van der Waals surface area (Å²) in [6, 6.07) is 18.9. The molecule has 0 aliphatic carbocycles. The first-order chi connectivity index (χ1) is 9.72. The van der Waals surface area contributed by atoms with Crippen molar-refractivity contribution in [1.82, 2.24) is 9.78 Å². The van der Waals surface area contributed by atoms with Gasteiger partial charge in [-0.2, -0.15) is 0 Å². The first kappa shape index (κ1) is 12.8. The number of nitrogens with one attached hydrogen (secondary N) is 1. The highest BCUT2D eigenvalue weighted by Gasteiger charge is 2.05. The van der Waals surface area contributed by atoms with E-state index in [4.69, 9.17) is 11.6 Å². The molecule has 0 unspecified atom stereocenters. The molecule has 20 heavy (non-hydrogen) atoms. The van der Waals surface area contributed by atoms with Crippen molar-refractivity contribution < 1.29 is 0 Å². The van der Waals surface area contributed by atoms with E-state index in [1.807, 2.05) is 54.6 Å². The lowest BCUT2D eigenvalue weighted by molar-refractivity contribution is 0.666. The fraction of sp³-hybridized carbons (Fsp3) is 0.0625. The number of hydrogen-bond donors (Lipinski definition) is 1. The molecule has 3 aromatic rings. The van der Waals surface area contributed by atoms with E-state index < -0.39 is 0 Å². The summed E-state index contributed by atoms with van der Waals surface area (Å²) in [4.78, 5) is 12.0. The second-order valence-electron chi connectivity index (χ2n) is 4.59. The largest absolute Gasteiger partial charge is 0.295 e. The molecule has 0 atom stereocenters. The zero-order valence-corrected chi connectivity index (χ0v) is 11.5. The second-order valence-corrected chi connectivity index (χ2v) is 5.02. The van der Waals surface area contributed by atoms with Crippen LogP contribution in [-0.4, -0.2) is 9.78 Å². The highest BCUT2D eigenvalue weighted by atomic mass is 35.5. The van der Waals surface area contributed by atoms with Gasteiger partial charge in [0.2, 0.25) is 0 Å². The predicted octanol–water partition coefficient (Wildman–Crippen LogP) is 3.55. The zero-order chi connectivity index (χ0) is 13.9. The Morgan fingerprint density at radius 1 is 1.00 bits per heavy atom. The van der Waals surface area contributed by atoms with Gasteiger partial charge < -0.3 is 0 Å². The SMILES string of the molecule is O=c1cc(-c2ccccc2)[nH]n1Cc1ccc(Cl)cc1. The van der Waals surface area contributed by atoms with Crippen LogP contribution in [0.25, 0.3) is 11.3 Å². The van der Waals surface area contributed by atoms with Crippen LogP contribution in [0.2, 0.25) is 5.02 Å². The summed E-state index contributed by atoms with van der Waals surface area (Å²) in [7, 11) is 0. The minimum Gasteiger partial charge on any atom is -0.295 e. The molecule has 1 heterocycles. The molecule has 0 bridgehead atoms. The lowest BCUT2D eigenvalue weighted by atomic mass is 10.2. The molecule has 100 valence electrons. The quantitative estimate of drug-likeness (QED) is 0.785. The average molecular weight is 285 g/mol. The van der Waals surface area contributed by atoms with E-state index in [1.54, 1.807) is 10.7 Å². The molecule has 4 heteroatoms. The Kier molecular flexibility index (Phi) is 3.44. The minimum absolute atomic E-state index is 0.0428. The van der Waals surface area contributed by atoms with Crippen molar-refractivity contribution in [3.05, 3.63) is 81.6 Å². The maximum absolute atomic E-state index is 12.0. The summed E-state index contributed by atoms with van der Waals surface area (Å²) in [5.74, 6) is 0. The molecule has 0 radical (unpaired) electrons. The van der Waals surface area contributed by atoms with Crippen LogP contribution < -0.4 is 5.56 Å². The van der Waals surface area contributed by atoms with E-state index in [9.17, 15) is 4.79 Å².